The van der Waals surface area contributed by atoms with Gasteiger partial charge in [0.1, 0.15) is 5.82 Å². The number of carbonyl (C=O) groups is 2. The lowest BCUT2D eigenvalue weighted by atomic mass is 10.1. The first kappa shape index (κ1) is 17.4. The average Bonchev–Trinajstić information content (AvgIpc) is 3.18. The SMILES string of the molecule is Cc1nc(SCCNC(=O)[C@@H]2CC(=O)N(Cc3cccnc3)C2)n[nH]1. The summed E-state index contributed by atoms with van der Waals surface area (Å²) in [6.07, 6.45) is 3.70. The number of hydrogen-bond acceptors (Lipinski definition) is 6. The Hall–Kier alpha value is -2.42. The number of nitrogens with zero attached hydrogens (tertiary/aromatic N) is 4. The Morgan fingerprint density at radius 1 is 1.52 bits per heavy atom. The quantitative estimate of drug-likeness (QED) is 0.558. The van der Waals surface area contributed by atoms with E-state index in [9.17, 15) is 9.59 Å². The summed E-state index contributed by atoms with van der Waals surface area (Å²) in [5.74, 6) is 1.09. The summed E-state index contributed by atoms with van der Waals surface area (Å²) >= 11 is 1.48. The van der Waals surface area contributed by atoms with Crippen LogP contribution in [0.4, 0.5) is 0 Å². The predicted octanol–water partition coefficient (Wildman–Crippen LogP) is 0.765. The second-order valence-electron chi connectivity index (χ2n) is 5.88. The molecule has 0 saturated carbocycles. The molecule has 1 saturated heterocycles. The van der Waals surface area contributed by atoms with Gasteiger partial charge in [-0.15, -0.1) is 5.10 Å². The van der Waals surface area contributed by atoms with Gasteiger partial charge < -0.3 is 10.2 Å². The van der Waals surface area contributed by atoms with Crippen molar-refractivity contribution in [3.63, 3.8) is 0 Å². The highest BCUT2D eigenvalue weighted by molar-refractivity contribution is 7.99. The van der Waals surface area contributed by atoms with E-state index in [1.807, 2.05) is 19.1 Å². The third-order valence-electron chi connectivity index (χ3n) is 3.89. The van der Waals surface area contributed by atoms with Gasteiger partial charge in [0.15, 0.2) is 0 Å². The van der Waals surface area contributed by atoms with Gasteiger partial charge in [-0.05, 0) is 18.6 Å². The lowest BCUT2D eigenvalue weighted by molar-refractivity contribution is -0.129. The Labute approximate surface area is 149 Å². The molecule has 2 amide bonds. The van der Waals surface area contributed by atoms with Gasteiger partial charge in [0.2, 0.25) is 17.0 Å². The van der Waals surface area contributed by atoms with Crippen molar-refractivity contribution in [3.05, 3.63) is 35.9 Å². The monoisotopic (exact) mass is 360 g/mol. The van der Waals surface area contributed by atoms with Crippen LogP contribution in [0, 0.1) is 12.8 Å². The van der Waals surface area contributed by atoms with E-state index in [0.717, 1.165) is 11.4 Å². The fourth-order valence-corrected chi connectivity index (χ4v) is 3.36. The van der Waals surface area contributed by atoms with E-state index in [2.05, 4.69) is 25.5 Å². The maximum atomic E-state index is 12.3. The van der Waals surface area contributed by atoms with Gasteiger partial charge in [-0.3, -0.25) is 19.7 Å². The molecule has 2 aromatic rings. The van der Waals surface area contributed by atoms with Crippen LogP contribution in [-0.2, 0) is 16.1 Å². The van der Waals surface area contributed by atoms with Crippen molar-refractivity contribution in [2.45, 2.75) is 25.0 Å². The zero-order valence-electron chi connectivity index (χ0n) is 13.9. The number of rotatable bonds is 7. The largest absolute Gasteiger partial charge is 0.355 e. The molecule has 0 aliphatic carbocycles. The number of carbonyl (C=O) groups excluding carboxylic acids is 2. The molecule has 0 radical (unpaired) electrons. The number of aromatic amines is 1. The molecule has 0 unspecified atom stereocenters. The molecule has 2 N–H and O–H groups in total. The third kappa shape index (κ3) is 4.79. The van der Waals surface area contributed by atoms with Crippen molar-refractivity contribution < 1.29 is 9.59 Å². The van der Waals surface area contributed by atoms with E-state index in [-0.39, 0.29) is 24.2 Å². The maximum absolute atomic E-state index is 12.3. The van der Waals surface area contributed by atoms with E-state index < -0.39 is 0 Å². The van der Waals surface area contributed by atoms with E-state index in [4.69, 9.17) is 0 Å². The van der Waals surface area contributed by atoms with Gasteiger partial charge in [-0.1, -0.05) is 17.8 Å². The molecule has 25 heavy (non-hydrogen) atoms. The predicted molar refractivity (Wildman–Crippen MR) is 92.6 cm³/mol. The normalized spacial score (nSPS) is 17.1. The number of aromatic nitrogens is 4. The highest BCUT2D eigenvalue weighted by atomic mass is 32.2. The van der Waals surface area contributed by atoms with Crippen molar-refractivity contribution in [3.8, 4) is 0 Å². The molecule has 1 aliphatic heterocycles. The molecule has 3 heterocycles. The van der Waals surface area contributed by atoms with Gasteiger partial charge in [-0.25, -0.2) is 4.98 Å². The number of H-pyrrole nitrogens is 1. The lowest BCUT2D eigenvalue weighted by Crippen LogP contribution is -2.34. The molecule has 0 bridgehead atoms. The lowest BCUT2D eigenvalue weighted by Gasteiger charge is -2.16. The summed E-state index contributed by atoms with van der Waals surface area (Å²) in [6.45, 7) is 3.31. The number of nitrogens with one attached hydrogen (secondary N) is 2. The van der Waals surface area contributed by atoms with Gasteiger partial charge in [0, 0.05) is 44.2 Å². The summed E-state index contributed by atoms with van der Waals surface area (Å²) in [4.78, 5) is 34.3. The summed E-state index contributed by atoms with van der Waals surface area (Å²) < 4.78 is 0. The molecule has 132 valence electrons. The van der Waals surface area contributed by atoms with E-state index in [1.54, 1.807) is 17.3 Å². The standard InChI is InChI=1S/C16H20N6O2S/c1-11-19-16(21-20-11)25-6-5-18-15(24)13-7-14(23)22(10-13)9-12-3-2-4-17-8-12/h2-4,8,13H,5-7,9-10H2,1H3,(H,18,24)(H,19,20,21)/t13-/m1/s1. The first-order valence-corrected chi connectivity index (χ1v) is 9.06. The van der Waals surface area contributed by atoms with Gasteiger partial charge in [0.25, 0.3) is 0 Å². The van der Waals surface area contributed by atoms with Crippen LogP contribution < -0.4 is 5.32 Å². The van der Waals surface area contributed by atoms with E-state index in [0.29, 0.717) is 30.5 Å². The minimum Gasteiger partial charge on any atom is -0.355 e. The van der Waals surface area contributed by atoms with Gasteiger partial charge in [-0.2, -0.15) is 0 Å². The number of hydrogen-bond donors (Lipinski definition) is 2. The maximum Gasteiger partial charge on any atom is 0.225 e. The minimum atomic E-state index is -0.292. The van der Waals surface area contributed by atoms with Crippen LogP contribution in [0.25, 0.3) is 0 Å². The summed E-state index contributed by atoms with van der Waals surface area (Å²) in [7, 11) is 0. The van der Waals surface area contributed by atoms with E-state index >= 15 is 0 Å². The van der Waals surface area contributed by atoms with Crippen LogP contribution in [-0.4, -0.2) is 55.7 Å². The molecule has 1 aliphatic rings. The highest BCUT2D eigenvalue weighted by Crippen LogP contribution is 2.20. The van der Waals surface area contributed by atoms with Gasteiger partial charge >= 0.3 is 0 Å². The Balaban J connectivity index is 1.41. The first-order valence-electron chi connectivity index (χ1n) is 8.08. The molecule has 3 rings (SSSR count). The zero-order chi connectivity index (χ0) is 17.6. The van der Waals surface area contributed by atoms with Crippen molar-refractivity contribution in [2.24, 2.45) is 5.92 Å². The Morgan fingerprint density at radius 2 is 2.40 bits per heavy atom. The Bertz CT molecular complexity index is 735. The summed E-state index contributed by atoms with van der Waals surface area (Å²) in [5.41, 5.74) is 0.968. The van der Waals surface area contributed by atoms with Gasteiger partial charge in [0.05, 0.1) is 5.92 Å². The fraction of sp³-hybridized carbons (Fsp3) is 0.438. The van der Waals surface area contributed by atoms with Crippen LogP contribution in [0.15, 0.2) is 29.7 Å². The molecule has 1 fully saturated rings. The Kier molecular flexibility index (Phi) is 5.64. The van der Waals surface area contributed by atoms with Crippen molar-refractivity contribution in [2.75, 3.05) is 18.8 Å². The molecule has 0 aromatic carbocycles. The van der Waals surface area contributed by atoms with Crippen LogP contribution in [0.1, 0.15) is 17.8 Å². The topological polar surface area (TPSA) is 104 Å². The number of thioether (sulfide) groups is 1. The second kappa shape index (κ2) is 8.11. The first-order chi connectivity index (χ1) is 12.1. The summed E-state index contributed by atoms with van der Waals surface area (Å²) in [6, 6.07) is 3.77. The molecule has 2 aromatic heterocycles. The molecule has 8 nitrogen and oxygen atoms in total. The second-order valence-corrected chi connectivity index (χ2v) is 6.94. The van der Waals surface area contributed by atoms with Crippen LogP contribution >= 0.6 is 11.8 Å². The van der Waals surface area contributed by atoms with Crippen molar-refractivity contribution in [1.29, 1.82) is 0 Å². The third-order valence-corrected chi connectivity index (χ3v) is 4.74. The molecule has 9 heteroatoms. The zero-order valence-corrected chi connectivity index (χ0v) is 14.8. The molecular formula is C16H20N6O2S. The van der Waals surface area contributed by atoms with E-state index in [1.165, 1.54) is 11.8 Å². The van der Waals surface area contributed by atoms with Crippen molar-refractivity contribution in [1.82, 2.24) is 30.4 Å². The fourth-order valence-electron chi connectivity index (χ4n) is 2.66. The molecule has 0 spiro atoms. The highest BCUT2D eigenvalue weighted by Gasteiger charge is 2.34. The molecular weight excluding hydrogens is 340 g/mol. The van der Waals surface area contributed by atoms with Crippen LogP contribution in [0.2, 0.25) is 0 Å². The molecule has 1 atom stereocenters. The number of pyridine rings is 1. The minimum absolute atomic E-state index is 0.00887. The van der Waals surface area contributed by atoms with Crippen LogP contribution in [0.3, 0.4) is 0 Å². The van der Waals surface area contributed by atoms with Crippen LogP contribution in [0.5, 0.6) is 0 Å². The smallest absolute Gasteiger partial charge is 0.225 e. The Morgan fingerprint density at radius 3 is 3.12 bits per heavy atom. The average molecular weight is 360 g/mol. The summed E-state index contributed by atoms with van der Waals surface area (Å²) in [5, 5.41) is 10.4. The number of aryl methyl sites for hydroxylation is 1. The van der Waals surface area contributed by atoms with Crippen molar-refractivity contribution >= 4 is 23.6 Å². The number of likely N-dealkylation sites (tertiary alicyclic amines) is 1. The number of amides is 2.